The molecule has 0 bridgehead atoms. The van der Waals surface area contributed by atoms with Gasteiger partial charge in [-0.3, -0.25) is 18.9 Å². The smallest absolute Gasteiger partial charge is 0.385 e. The average molecular weight is 436 g/mol. The Labute approximate surface area is 148 Å². The lowest BCUT2D eigenvalue weighted by Gasteiger charge is -2.23. The van der Waals surface area contributed by atoms with E-state index in [4.69, 9.17) is 19.4 Å². The standard InChI is InChI=1S/C10H15FN2O12P2/c1-4-2-13(9(17)12-7(4)16)8-5(14)6(15)10(11,24-8)3-23-27(21,22)25-26(18,19)20/h2,5-6,8,14-15H,3H2,1H3,(H,21,22)(H,12,16,17)(H2,18,19,20)/t5-,6+,8-,10-/m1/s1. The summed E-state index contributed by atoms with van der Waals surface area (Å²) in [5.74, 6) is -3.37. The first kappa shape index (κ1) is 22.0. The largest absolute Gasteiger partial charge is 0.481 e. The number of aromatic amines is 1. The minimum atomic E-state index is -5.47. The number of phosphoric ester groups is 1. The molecule has 1 saturated heterocycles. The van der Waals surface area contributed by atoms with E-state index in [1.54, 1.807) is 0 Å². The van der Waals surface area contributed by atoms with Crippen LogP contribution in [-0.4, -0.2) is 59.1 Å². The van der Waals surface area contributed by atoms with Gasteiger partial charge in [0.25, 0.3) is 11.4 Å². The molecular formula is C10H15FN2O12P2. The zero-order valence-electron chi connectivity index (χ0n) is 13.3. The van der Waals surface area contributed by atoms with Crippen LogP contribution >= 0.6 is 15.6 Å². The average Bonchev–Trinajstić information content (AvgIpc) is 2.72. The van der Waals surface area contributed by atoms with Crippen molar-refractivity contribution in [2.75, 3.05) is 6.61 Å². The molecule has 1 aliphatic rings. The highest BCUT2D eigenvalue weighted by Crippen LogP contribution is 2.58. The van der Waals surface area contributed by atoms with Crippen LogP contribution in [0.25, 0.3) is 0 Å². The van der Waals surface area contributed by atoms with Gasteiger partial charge in [0.1, 0.15) is 18.8 Å². The third-order valence-corrected chi connectivity index (χ3v) is 5.56. The fourth-order valence-corrected chi connectivity index (χ4v) is 3.80. The van der Waals surface area contributed by atoms with Gasteiger partial charge in [0.05, 0.1) is 0 Å². The van der Waals surface area contributed by atoms with Crippen LogP contribution < -0.4 is 11.2 Å². The number of nitrogens with zero attached hydrogens (tertiary/aromatic N) is 1. The molecule has 14 nitrogen and oxygen atoms in total. The Kier molecular flexibility index (Phi) is 5.95. The molecule has 5 atom stereocenters. The number of halogens is 1. The SMILES string of the molecule is Cc1cn([C@@H]2O[C@](F)(COP(=O)(O)OP(=O)(O)O)[C@@H](O)[C@H]2O)c(=O)[nH]c1=O. The second-order valence-corrected chi connectivity index (χ2v) is 8.35. The molecule has 0 amide bonds. The Morgan fingerprint density at radius 1 is 1.33 bits per heavy atom. The van der Waals surface area contributed by atoms with Gasteiger partial charge in [0.15, 0.2) is 6.23 Å². The van der Waals surface area contributed by atoms with Gasteiger partial charge in [0, 0.05) is 11.8 Å². The third kappa shape index (κ3) is 4.97. The van der Waals surface area contributed by atoms with Gasteiger partial charge in [0.2, 0.25) is 0 Å². The van der Waals surface area contributed by atoms with Gasteiger partial charge in [-0.25, -0.2) is 18.3 Å². The van der Waals surface area contributed by atoms with E-state index in [9.17, 15) is 33.3 Å². The number of aliphatic hydroxyl groups is 2. The van der Waals surface area contributed by atoms with Crippen LogP contribution in [0.2, 0.25) is 0 Å². The van der Waals surface area contributed by atoms with Crippen molar-refractivity contribution in [1.82, 2.24) is 9.55 Å². The summed E-state index contributed by atoms with van der Waals surface area (Å²) >= 11 is 0. The van der Waals surface area contributed by atoms with Crippen LogP contribution in [0.5, 0.6) is 0 Å². The molecule has 1 unspecified atom stereocenters. The molecule has 154 valence electrons. The Morgan fingerprint density at radius 3 is 2.48 bits per heavy atom. The van der Waals surface area contributed by atoms with Crippen molar-refractivity contribution in [3.63, 3.8) is 0 Å². The van der Waals surface area contributed by atoms with Crippen molar-refractivity contribution in [3.8, 4) is 0 Å². The highest BCUT2D eigenvalue weighted by atomic mass is 31.3. The van der Waals surface area contributed by atoms with Crippen LogP contribution in [0.4, 0.5) is 4.39 Å². The van der Waals surface area contributed by atoms with Crippen molar-refractivity contribution in [2.24, 2.45) is 0 Å². The van der Waals surface area contributed by atoms with Crippen molar-refractivity contribution in [3.05, 3.63) is 32.6 Å². The summed E-state index contributed by atoms with van der Waals surface area (Å²) in [4.78, 5) is 51.1. The quantitative estimate of drug-likeness (QED) is 0.267. The first-order chi connectivity index (χ1) is 12.2. The van der Waals surface area contributed by atoms with Crippen molar-refractivity contribution in [1.29, 1.82) is 0 Å². The zero-order valence-corrected chi connectivity index (χ0v) is 15.1. The molecule has 0 saturated carbocycles. The first-order valence-electron chi connectivity index (χ1n) is 6.94. The molecule has 0 aromatic carbocycles. The maximum atomic E-state index is 14.7. The number of nitrogens with one attached hydrogen (secondary N) is 1. The number of phosphoric acid groups is 2. The Morgan fingerprint density at radius 2 is 1.93 bits per heavy atom. The van der Waals surface area contributed by atoms with Crippen molar-refractivity contribution < 1.29 is 52.0 Å². The maximum Gasteiger partial charge on any atom is 0.481 e. The highest BCUT2D eigenvalue weighted by molar-refractivity contribution is 7.60. The molecule has 2 heterocycles. The van der Waals surface area contributed by atoms with Crippen LogP contribution in [0.15, 0.2) is 15.8 Å². The van der Waals surface area contributed by atoms with Crippen LogP contribution in [0, 0.1) is 6.92 Å². The molecule has 1 aromatic rings. The molecular weight excluding hydrogens is 421 g/mol. The normalized spacial score (nSPS) is 31.0. The number of aromatic nitrogens is 2. The number of ether oxygens (including phenoxy) is 1. The van der Waals surface area contributed by atoms with Gasteiger partial charge in [-0.1, -0.05) is 0 Å². The second-order valence-electron chi connectivity index (χ2n) is 5.52. The summed E-state index contributed by atoms with van der Waals surface area (Å²) in [6.07, 6.45) is -5.43. The first-order valence-corrected chi connectivity index (χ1v) is 9.97. The molecule has 6 N–H and O–H groups in total. The van der Waals surface area contributed by atoms with Crippen LogP contribution in [0.3, 0.4) is 0 Å². The van der Waals surface area contributed by atoms with Gasteiger partial charge < -0.3 is 29.6 Å². The second kappa shape index (κ2) is 7.29. The van der Waals surface area contributed by atoms with E-state index in [0.717, 1.165) is 6.20 Å². The molecule has 2 rings (SSSR count). The number of rotatable bonds is 6. The number of aryl methyl sites for hydroxylation is 1. The Balaban J connectivity index is 2.24. The number of aliphatic hydroxyl groups excluding tert-OH is 2. The summed E-state index contributed by atoms with van der Waals surface area (Å²) in [5, 5.41) is 19.7. The zero-order chi connectivity index (χ0) is 20.8. The molecule has 27 heavy (non-hydrogen) atoms. The van der Waals surface area contributed by atoms with Gasteiger partial charge in [-0.05, 0) is 6.92 Å². The third-order valence-electron chi connectivity index (χ3n) is 3.43. The molecule has 1 aromatic heterocycles. The van der Waals surface area contributed by atoms with E-state index in [-0.39, 0.29) is 5.56 Å². The van der Waals surface area contributed by atoms with E-state index in [1.807, 2.05) is 4.98 Å². The van der Waals surface area contributed by atoms with Crippen LogP contribution in [0.1, 0.15) is 11.8 Å². The number of hydrogen-bond donors (Lipinski definition) is 6. The van der Waals surface area contributed by atoms with E-state index in [1.165, 1.54) is 6.92 Å². The molecule has 0 radical (unpaired) electrons. The number of hydrogen-bond acceptors (Lipinski definition) is 9. The summed E-state index contributed by atoms with van der Waals surface area (Å²) in [7, 11) is -10.9. The van der Waals surface area contributed by atoms with Gasteiger partial charge in [-0.2, -0.15) is 4.31 Å². The minimum Gasteiger partial charge on any atom is -0.385 e. The Hall–Kier alpha value is -1.25. The molecule has 0 spiro atoms. The summed E-state index contributed by atoms with van der Waals surface area (Å²) < 4.78 is 49.4. The number of alkyl halides is 1. The predicted octanol–water partition coefficient (Wildman–Crippen LogP) is -2.01. The van der Waals surface area contributed by atoms with Crippen LogP contribution in [-0.2, 0) is 22.7 Å². The summed E-state index contributed by atoms with van der Waals surface area (Å²) in [5.41, 5.74) is -1.87. The topological polar surface area (TPSA) is 218 Å². The molecule has 0 aliphatic carbocycles. The summed E-state index contributed by atoms with van der Waals surface area (Å²) in [6, 6.07) is 0. The predicted molar refractivity (Wildman–Crippen MR) is 80.9 cm³/mol. The van der Waals surface area contributed by atoms with E-state index in [2.05, 4.69) is 8.83 Å². The van der Waals surface area contributed by atoms with Gasteiger partial charge >= 0.3 is 21.3 Å². The highest BCUT2D eigenvalue weighted by Gasteiger charge is 2.57. The van der Waals surface area contributed by atoms with E-state index < -0.39 is 57.8 Å². The number of H-pyrrole nitrogens is 1. The lowest BCUT2D eigenvalue weighted by atomic mass is 10.1. The molecule has 17 heteroatoms. The monoisotopic (exact) mass is 436 g/mol. The van der Waals surface area contributed by atoms with Crippen molar-refractivity contribution in [2.45, 2.75) is 31.2 Å². The van der Waals surface area contributed by atoms with Gasteiger partial charge in [-0.15, -0.1) is 0 Å². The lowest BCUT2D eigenvalue weighted by molar-refractivity contribution is -0.205. The molecule has 1 aliphatic heterocycles. The lowest BCUT2D eigenvalue weighted by Crippen LogP contribution is -2.43. The summed E-state index contributed by atoms with van der Waals surface area (Å²) in [6.45, 7) is -0.313. The van der Waals surface area contributed by atoms with Crippen molar-refractivity contribution >= 4 is 15.6 Å². The fraction of sp³-hybridized carbons (Fsp3) is 0.600. The molecule has 1 fully saturated rings. The maximum absolute atomic E-state index is 14.7. The minimum absolute atomic E-state index is 0.0117. The fourth-order valence-electron chi connectivity index (χ4n) is 2.19. The Bertz CT molecular complexity index is 925. The van der Waals surface area contributed by atoms with E-state index in [0.29, 0.717) is 4.57 Å². The van der Waals surface area contributed by atoms with E-state index >= 15 is 0 Å².